The van der Waals surface area contributed by atoms with Crippen molar-refractivity contribution in [1.29, 1.82) is 0 Å². The molecule has 0 saturated heterocycles. The minimum Gasteiger partial charge on any atom is -0.382 e. The predicted molar refractivity (Wildman–Crippen MR) is 69.9 cm³/mol. The number of nitrogens with one attached hydrogen (secondary N) is 1. The van der Waals surface area contributed by atoms with Crippen molar-refractivity contribution < 1.29 is 23.1 Å². The van der Waals surface area contributed by atoms with Crippen LogP contribution in [0.1, 0.15) is 0 Å². The number of aliphatic hydroxyl groups excluding tert-OH is 1. The van der Waals surface area contributed by atoms with Crippen LogP contribution in [0.25, 0.3) is 0 Å². The number of amides is 1. The molecule has 0 aliphatic heterocycles. The summed E-state index contributed by atoms with van der Waals surface area (Å²) in [6.07, 6.45) is -7.25. The van der Waals surface area contributed by atoms with E-state index in [0.717, 1.165) is 9.37 Å². The molecule has 19 heavy (non-hydrogen) atoms. The fourth-order valence-corrected chi connectivity index (χ4v) is 2.05. The van der Waals surface area contributed by atoms with Gasteiger partial charge in [-0.15, -0.1) is 11.8 Å². The largest absolute Gasteiger partial charge is 0.416 e. The molecule has 0 radical (unpaired) electrons. The summed E-state index contributed by atoms with van der Waals surface area (Å²) in [6.45, 7) is -0.830. The Kier molecular flexibility index (Phi) is 6.15. The van der Waals surface area contributed by atoms with Crippen molar-refractivity contribution in [3.8, 4) is 0 Å². The molecule has 0 aliphatic rings. The van der Waals surface area contributed by atoms with E-state index >= 15 is 0 Å². The highest BCUT2D eigenvalue weighted by Gasteiger charge is 2.38. The van der Waals surface area contributed by atoms with Gasteiger partial charge in [0.05, 0.1) is 12.3 Å². The molecule has 1 aromatic rings. The lowest BCUT2D eigenvalue weighted by Crippen LogP contribution is -2.41. The van der Waals surface area contributed by atoms with Crippen molar-refractivity contribution in [3.63, 3.8) is 0 Å². The molecule has 0 saturated carbocycles. The summed E-state index contributed by atoms with van der Waals surface area (Å²) in [7, 11) is 0. The van der Waals surface area contributed by atoms with E-state index < -0.39 is 24.7 Å². The quantitative estimate of drug-likeness (QED) is 0.796. The van der Waals surface area contributed by atoms with Gasteiger partial charge in [-0.2, -0.15) is 13.2 Å². The molecule has 0 aromatic heterocycles. The minimum atomic E-state index is -4.72. The smallest absolute Gasteiger partial charge is 0.382 e. The highest BCUT2D eigenvalue weighted by atomic mass is 79.9. The van der Waals surface area contributed by atoms with Crippen molar-refractivity contribution in [2.24, 2.45) is 0 Å². The van der Waals surface area contributed by atoms with Gasteiger partial charge in [0, 0.05) is 9.37 Å². The van der Waals surface area contributed by atoms with Crippen LogP contribution in [0.4, 0.5) is 13.2 Å². The number of hydrogen-bond acceptors (Lipinski definition) is 3. The van der Waals surface area contributed by atoms with Gasteiger partial charge in [-0.25, -0.2) is 0 Å². The first-order chi connectivity index (χ1) is 8.79. The Morgan fingerprint density at radius 1 is 1.37 bits per heavy atom. The van der Waals surface area contributed by atoms with Crippen LogP contribution in [0.3, 0.4) is 0 Å². The van der Waals surface area contributed by atoms with Crippen molar-refractivity contribution >= 4 is 33.6 Å². The Hall–Kier alpha value is -0.730. The second-order valence-electron chi connectivity index (χ2n) is 3.60. The highest BCUT2D eigenvalue weighted by Crippen LogP contribution is 2.21. The summed E-state index contributed by atoms with van der Waals surface area (Å²) in [4.78, 5) is 12.1. The van der Waals surface area contributed by atoms with Crippen LogP contribution in [-0.4, -0.2) is 35.6 Å². The lowest BCUT2D eigenvalue weighted by atomic mass is 10.3. The third kappa shape index (κ3) is 6.31. The third-order valence-corrected chi connectivity index (χ3v) is 3.59. The number of benzene rings is 1. The summed E-state index contributed by atoms with van der Waals surface area (Å²) >= 11 is 4.46. The Balaban J connectivity index is 2.30. The van der Waals surface area contributed by atoms with Gasteiger partial charge in [-0.3, -0.25) is 4.79 Å². The van der Waals surface area contributed by atoms with Crippen molar-refractivity contribution in [1.82, 2.24) is 5.32 Å². The maximum Gasteiger partial charge on any atom is 0.416 e. The zero-order valence-electron chi connectivity index (χ0n) is 9.58. The Labute approximate surface area is 120 Å². The Morgan fingerprint density at radius 2 is 1.95 bits per heavy atom. The summed E-state index contributed by atoms with van der Waals surface area (Å²) < 4.78 is 36.8. The number of carbonyl (C=O) groups is 1. The van der Waals surface area contributed by atoms with Gasteiger partial charge in [-0.1, -0.05) is 15.9 Å². The molecular formula is C11H11BrF3NO2S. The number of aliphatic hydroxyl groups is 1. The van der Waals surface area contributed by atoms with Crippen LogP contribution in [0.5, 0.6) is 0 Å². The first-order valence-electron chi connectivity index (χ1n) is 5.19. The van der Waals surface area contributed by atoms with Crippen LogP contribution in [-0.2, 0) is 4.79 Å². The molecular weight excluding hydrogens is 347 g/mol. The molecule has 1 rings (SSSR count). The first kappa shape index (κ1) is 16.3. The van der Waals surface area contributed by atoms with Gasteiger partial charge < -0.3 is 10.4 Å². The van der Waals surface area contributed by atoms with E-state index in [1.54, 1.807) is 24.3 Å². The van der Waals surface area contributed by atoms with E-state index in [1.165, 1.54) is 11.8 Å². The molecule has 0 spiro atoms. The molecule has 0 heterocycles. The molecule has 1 unspecified atom stereocenters. The second kappa shape index (κ2) is 7.16. The Morgan fingerprint density at radius 3 is 2.47 bits per heavy atom. The average molecular weight is 358 g/mol. The fourth-order valence-electron chi connectivity index (χ4n) is 1.06. The number of rotatable bonds is 5. The van der Waals surface area contributed by atoms with E-state index in [-0.39, 0.29) is 5.75 Å². The zero-order chi connectivity index (χ0) is 14.5. The molecule has 0 fully saturated rings. The van der Waals surface area contributed by atoms with E-state index in [0.29, 0.717) is 0 Å². The zero-order valence-corrected chi connectivity index (χ0v) is 12.0. The van der Waals surface area contributed by atoms with Gasteiger partial charge in [0.15, 0.2) is 6.10 Å². The van der Waals surface area contributed by atoms with Crippen LogP contribution in [0.15, 0.2) is 33.6 Å². The first-order valence-corrected chi connectivity index (χ1v) is 6.97. The van der Waals surface area contributed by atoms with Gasteiger partial charge in [0.25, 0.3) is 0 Å². The molecule has 3 nitrogen and oxygen atoms in total. The van der Waals surface area contributed by atoms with Crippen molar-refractivity contribution in [2.45, 2.75) is 17.2 Å². The van der Waals surface area contributed by atoms with Gasteiger partial charge in [0.2, 0.25) is 5.91 Å². The Bertz CT molecular complexity index is 425. The molecule has 0 bridgehead atoms. The van der Waals surface area contributed by atoms with Crippen LogP contribution in [0, 0.1) is 0 Å². The van der Waals surface area contributed by atoms with Crippen molar-refractivity contribution in [2.75, 3.05) is 12.3 Å². The lowest BCUT2D eigenvalue weighted by Gasteiger charge is -2.14. The molecule has 2 N–H and O–H groups in total. The average Bonchev–Trinajstić information content (AvgIpc) is 2.34. The predicted octanol–water partition coefficient (Wildman–Crippen LogP) is 2.58. The van der Waals surface area contributed by atoms with E-state index in [1.807, 2.05) is 5.32 Å². The van der Waals surface area contributed by atoms with E-state index in [2.05, 4.69) is 15.9 Å². The molecule has 1 aromatic carbocycles. The van der Waals surface area contributed by atoms with E-state index in [4.69, 9.17) is 5.11 Å². The molecule has 106 valence electrons. The normalized spacial score (nSPS) is 13.1. The molecule has 8 heteroatoms. The standard InChI is InChI=1S/C11H11BrF3NO2S/c12-7-1-3-8(4-2-7)19-6-10(18)16-5-9(17)11(13,14)15/h1-4,9,17H,5-6H2,(H,16,18). The molecule has 0 aliphatic carbocycles. The summed E-state index contributed by atoms with van der Waals surface area (Å²) in [5, 5.41) is 10.7. The molecule has 1 amide bonds. The second-order valence-corrected chi connectivity index (χ2v) is 5.57. The monoisotopic (exact) mass is 357 g/mol. The number of hydrogen-bond donors (Lipinski definition) is 2. The third-order valence-electron chi connectivity index (χ3n) is 2.05. The minimum absolute atomic E-state index is 0.00773. The number of carbonyl (C=O) groups excluding carboxylic acids is 1. The maximum atomic E-state index is 12.0. The molecule has 1 atom stereocenters. The lowest BCUT2D eigenvalue weighted by molar-refractivity contribution is -0.201. The summed E-state index contributed by atoms with van der Waals surface area (Å²) in [6, 6.07) is 7.17. The topological polar surface area (TPSA) is 49.3 Å². The summed E-state index contributed by atoms with van der Waals surface area (Å²) in [5.41, 5.74) is 0. The van der Waals surface area contributed by atoms with Crippen molar-refractivity contribution in [3.05, 3.63) is 28.7 Å². The van der Waals surface area contributed by atoms with Gasteiger partial charge >= 0.3 is 6.18 Å². The fraction of sp³-hybridized carbons (Fsp3) is 0.364. The highest BCUT2D eigenvalue weighted by molar-refractivity contribution is 9.10. The van der Waals surface area contributed by atoms with E-state index in [9.17, 15) is 18.0 Å². The summed E-state index contributed by atoms with van der Waals surface area (Å²) in [5.74, 6) is -0.567. The number of halogens is 4. The van der Waals surface area contributed by atoms with Crippen LogP contribution >= 0.6 is 27.7 Å². The SMILES string of the molecule is O=C(CSc1ccc(Br)cc1)NCC(O)C(F)(F)F. The van der Waals surface area contributed by atoms with Gasteiger partial charge in [0.1, 0.15) is 0 Å². The van der Waals surface area contributed by atoms with Gasteiger partial charge in [-0.05, 0) is 24.3 Å². The van der Waals surface area contributed by atoms with Crippen LogP contribution < -0.4 is 5.32 Å². The maximum absolute atomic E-state index is 12.0. The van der Waals surface area contributed by atoms with Crippen LogP contribution in [0.2, 0.25) is 0 Å². The number of alkyl halides is 3. The number of thioether (sulfide) groups is 1.